The topological polar surface area (TPSA) is 173 Å². The molecule has 3 aromatic heterocycles. The molecule has 2 aliphatic carbocycles. The zero-order chi connectivity index (χ0) is 34.8. The zero-order valence-electron chi connectivity index (χ0n) is 28.0. The first-order chi connectivity index (χ1) is 24.2. The van der Waals surface area contributed by atoms with Gasteiger partial charge in [0.1, 0.15) is 40.2 Å². The second kappa shape index (κ2) is 14.3. The summed E-state index contributed by atoms with van der Waals surface area (Å²) >= 11 is 1.44. The van der Waals surface area contributed by atoms with Gasteiger partial charge < -0.3 is 30.1 Å². The van der Waals surface area contributed by atoms with Gasteiger partial charge in [-0.05, 0) is 81.4 Å². The summed E-state index contributed by atoms with van der Waals surface area (Å²) in [5.74, 6) is -1.75. The standard InChI is InChI=1S/C36H42N6O7S/c1-21-20-50-29-28(21)39-30(25-14-9-10-16-37-25)40-32(29)48-24-17-27-31(43)41-36(34(45)46)18-22(36)11-5-3-2-4-6-15-26(33(44)42(27)19-24)38-35(47)49-23-12-7-8-13-23/h5,9-11,14,16,20,22-24,26-27H,2-4,6-8,12-13,15,17-19H2,1H3,(H,38,47)(H,41,43)(H,45,46)/b11-5-/t22-,24-,26+,27+,36-/m1/s1. The van der Waals surface area contributed by atoms with Gasteiger partial charge in [-0.25, -0.2) is 14.6 Å². The number of hydrogen-bond acceptors (Lipinski definition) is 10. The molecule has 13 nitrogen and oxygen atoms in total. The van der Waals surface area contributed by atoms with E-state index >= 15 is 0 Å². The number of rotatable bonds is 6. The molecule has 3 fully saturated rings. The highest BCUT2D eigenvalue weighted by molar-refractivity contribution is 7.17. The largest absolute Gasteiger partial charge is 0.479 e. The number of carbonyl (C=O) groups excluding carboxylic acids is 3. The summed E-state index contributed by atoms with van der Waals surface area (Å²) in [6, 6.07) is 3.50. The van der Waals surface area contributed by atoms with E-state index in [0.29, 0.717) is 30.2 Å². The summed E-state index contributed by atoms with van der Waals surface area (Å²) < 4.78 is 12.9. The second-order valence-electron chi connectivity index (χ2n) is 13.8. The molecule has 14 heteroatoms. The van der Waals surface area contributed by atoms with Crippen molar-refractivity contribution in [2.75, 3.05) is 6.54 Å². The molecule has 7 rings (SSSR count). The lowest BCUT2D eigenvalue weighted by Crippen LogP contribution is -2.56. The lowest BCUT2D eigenvalue weighted by atomic mass is 10.0. The maximum atomic E-state index is 14.4. The number of hydrogen-bond donors (Lipinski definition) is 3. The number of carbonyl (C=O) groups is 4. The summed E-state index contributed by atoms with van der Waals surface area (Å²) in [4.78, 5) is 69.3. The van der Waals surface area contributed by atoms with Crippen molar-refractivity contribution in [1.29, 1.82) is 0 Å². The maximum Gasteiger partial charge on any atom is 0.408 e. The van der Waals surface area contributed by atoms with Gasteiger partial charge in [0.15, 0.2) is 5.82 Å². The number of carboxylic acids is 1. The molecule has 1 saturated heterocycles. The highest BCUT2D eigenvalue weighted by Gasteiger charge is 2.61. The summed E-state index contributed by atoms with van der Waals surface area (Å²) in [6.07, 6.45) is 11.4. The number of amides is 3. The van der Waals surface area contributed by atoms with Crippen LogP contribution in [0.3, 0.4) is 0 Å². The van der Waals surface area contributed by atoms with E-state index in [1.54, 1.807) is 6.20 Å². The minimum atomic E-state index is -1.44. The summed E-state index contributed by atoms with van der Waals surface area (Å²) in [5.41, 5.74) is 0.815. The van der Waals surface area contributed by atoms with Gasteiger partial charge in [-0.1, -0.05) is 31.1 Å². The third-order valence-corrected chi connectivity index (χ3v) is 11.3. The van der Waals surface area contributed by atoms with E-state index in [9.17, 15) is 24.3 Å². The molecule has 3 N–H and O–H groups in total. The van der Waals surface area contributed by atoms with E-state index in [2.05, 4.69) is 15.6 Å². The molecule has 4 aliphatic rings. The molecule has 0 radical (unpaired) electrons. The van der Waals surface area contributed by atoms with E-state index < -0.39 is 47.6 Å². The SMILES string of the molecule is Cc1csc2c(O[C@@H]3C[C@H]4C(=O)N[C@]5(C(=O)O)C[C@H]5/C=C\CCCCC[C@H](NC(=O)OC5CCCC5)C(=O)N4C3)nc(-c3ccccn3)nc12. The minimum Gasteiger partial charge on any atom is -0.479 e. The number of fused-ring (bicyclic) bond motifs is 3. The van der Waals surface area contributed by atoms with Crippen molar-refractivity contribution in [3.8, 4) is 17.4 Å². The van der Waals surface area contributed by atoms with Gasteiger partial charge in [-0.3, -0.25) is 14.6 Å². The zero-order valence-corrected chi connectivity index (χ0v) is 28.8. The van der Waals surface area contributed by atoms with Crippen LogP contribution in [0.5, 0.6) is 5.88 Å². The molecular formula is C36H42N6O7S. The van der Waals surface area contributed by atoms with Crippen LogP contribution in [0.4, 0.5) is 4.79 Å². The Hall–Kier alpha value is -4.59. The van der Waals surface area contributed by atoms with Crippen molar-refractivity contribution in [3.63, 3.8) is 0 Å². The number of aryl methyl sites for hydroxylation is 1. The van der Waals surface area contributed by atoms with Crippen LogP contribution in [0.15, 0.2) is 41.9 Å². The number of ether oxygens (including phenoxy) is 2. The fourth-order valence-electron chi connectivity index (χ4n) is 7.33. The molecule has 0 bridgehead atoms. The van der Waals surface area contributed by atoms with Crippen LogP contribution in [0.25, 0.3) is 21.7 Å². The summed E-state index contributed by atoms with van der Waals surface area (Å²) in [5, 5.41) is 17.8. The molecule has 50 heavy (non-hydrogen) atoms. The minimum absolute atomic E-state index is 0.0327. The lowest BCUT2D eigenvalue weighted by Gasteiger charge is -2.29. The molecule has 5 atom stereocenters. The molecule has 0 unspecified atom stereocenters. The van der Waals surface area contributed by atoms with E-state index in [0.717, 1.165) is 60.7 Å². The Morgan fingerprint density at radius 3 is 2.68 bits per heavy atom. The first-order valence-corrected chi connectivity index (χ1v) is 18.4. The van der Waals surface area contributed by atoms with E-state index in [-0.39, 0.29) is 31.4 Å². The van der Waals surface area contributed by atoms with Gasteiger partial charge in [0.2, 0.25) is 17.7 Å². The number of alkyl carbamates (subject to hydrolysis) is 1. The lowest BCUT2D eigenvalue weighted by molar-refractivity contribution is -0.145. The maximum absolute atomic E-state index is 14.4. The number of carboxylic acid groups (broad SMARTS) is 1. The average molecular weight is 703 g/mol. The quantitative estimate of drug-likeness (QED) is 0.299. The molecule has 3 aromatic rings. The van der Waals surface area contributed by atoms with E-state index in [1.807, 2.05) is 42.7 Å². The van der Waals surface area contributed by atoms with Crippen molar-refractivity contribution in [1.82, 2.24) is 30.5 Å². The fraction of sp³-hybridized carbons (Fsp3) is 0.528. The van der Waals surface area contributed by atoms with Gasteiger partial charge in [0.25, 0.3) is 0 Å². The van der Waals surface area contributed by atoms with Gasteiger partial charge in [0, 0.05) is 18.5 Å². The van der Waals surface area contributed by atoms with Crippen molar-refractivity contribution in [2.24, 2.45) is 5.92 Å². The predicted molar refractivity (Wildman–Crippen MR) is 184 cm³/mol. The Bertz CT molecular complexity index is 1790. The highest BCUT2D eigenvalue weighted by atomic mass is 32.1. The van der Waals surface area contributed by atoms with Crippen LogP contribution in [0.1, 0.15) is 76.2 Å². The van der Waals surface area contributed by atoms with Crippen molar-refractivity contribution in [3.05, 3.63) is 47.5 Å². The molecule has 3 amide bonds. The van der Waals surface area contributed by atoms with Crippen molar-refractivity contribution >= 4 is 45.4 Å². The number of nitrogens with zero attached hydrogens (tertiary/aromatic N) is 4. The van der Waals surface area contributed by atoms with Crippen LogP contribution in [-0.2, 0) is 19.1 Å². The Morgan fingerprint density at radius 2 is 1.90 bits per heavy atom. The molecule has 2 aliphatic heterocycles. The van der Waals surface area contributed by atoms with Crippen LogP contribution in [0, 0.1) is 12.8 Å². The Balaban J connectivity index is 1.19. The third kappa shape index (κ3) is 7.03. The molecule has 0 aromatic carbocycles. The number of thiophene rings is 1. The van der Waals surface area contributed by atoms with Gasteiger partial charge in [-0.15, -0.1) is 11.3 Å². The van der Waals surface area contributed by atoms with Gasteiger partial charge in [-0.2, -0.15) is 4.98 Å². The van der Waals surface area contributed by atoms with Crippen LogP contribution in [0.2, 0.25) is 0 Å². The molecular weight excluding hydrogens is 660 g/mol. The Morgan fingerprint density at radius 1 is 1.08 bits per heavy atom. The second-order valence-corrected chi connectivity index (χ2v) is 14.7. The van der Waals surface area contributed by atoms with Crippen molar-refractivity contribution in [2.45, 2.75) is 107 Å². The fourth-order valence-corrected chi connectivity index (χ4v) is 8.25. The molecule has 2 saturated carbocycles. The number of aliphatic carboxylic acids is 1. The first kappa shape index (κ1) is 33.9. The predicted octanol–water partition coefficient (Wildman–Crippen LogP) is 4.93. The summed E-state index contributed by atoms with van der Waals surface area (Å²) in [7, 11) is 0. The number of nitrogens with one attached hydrogen (secondary N) is 2. The highest BCUT2D eigenvalue weighted by Crippen LogP contribution is 2.45. The van der Waals surface area contributed by atoms with Crippen molar-refractivity contribution < 1.29 is 33.8 Å². The normalized spacial score (nSPS) is 28.1. The number of pyridine rings is 1. The smallest absolute Gasteiger partial charge is 0.408 e. The van der Waals surface area contributed by atoms with Crippen LogP contribution >= 0.6 is 11.3 Å². The molecule has 264 valence electrons. The van der Waals surface area contributed by atoms with Crippen LogP contribution in [-0.4, -0.2) is 85.2 Å². The third-order valence-electron chi connectivity index (χ3n) is 10.2. The monoisotopic (exact) mass is 702 g/mol. The van der Waals surface area contributed by atoms with Crippen LogP contribution < -0.4 is 15.4 Å². The molecule has 0 spiro atoms. The van der Waals surface area contributed by atoms with Gasteiger partial charge >= 0.3 is 12.1 Å². The number of aromatic nitrogens is 3. The van der Waals surface area contributed by atoms with E-state index in [1.165, 1.54) is 16.2 Å². The Kier molecular flexibility index (Phi) is 9.71. The first-order valence-electron chi connectivity index (χ1n) is 17.6. The average Bonchev–Trinajstić information content (AvgIpc) is 3.47. The number of allylic oxidation sites excluding steroid dienone is 1. The molecule has 5 heterocycles. The van der Waals surface area contributed by atoms with Gasteiger partial charge in [0.05, 0.1) is 12.1 Å². The Labute approximate surface area is 293 Å². The summed E-state index contributed by atoms with van der Waals surface area (Å²) in [6.45, 7) is 1.99. The van der Waals surface area contributed by atoms with E-state index in [4.69, 9.17) is 19.4 Å².